The Labute approximate surface area is 119 Å². The number of phenolic OH excluding ortho intramolecular Hbond substituents is 1. The van der Waals surface area contributed by atoms with Crippen LogP contribution in [-0.4, -0.2) is 10.1 Å². The van der Waals surface area contributed by atoms with Crippen molar-refractivity contribution in [1.82, 2.24) is 4.98 Å². The Morgan fingerprint density at radius 1 is 1.00 bits per heavy atom. The molecule has 0 atom stereocenters. The van der Waals surface area contributed by atoms with Crippen LogP contribution < -0.4 is 0 Å². The lowest BCUT2D eigenvalue weighted by Gasteiger charge is -2.04. The molecule has 4 rings (SSSR count). The van der Waals surface area contributed by atoms with Crippen molar-refractivity contribution < 1.29 is 5.11 Å². The molecule has 1 N–H and O–H groups in total. The van der Waals surface area contributed by atoms with Gasteiger partial charge in [-0.25, -0.2) is 4.98 Å². The third kappa shape index (κ3) is 1.70. The average molecular weight is 275 g/mol. The van der Waals surface area contributed by atoms with Crippen molar-refractivity contribution in [2.24, 2.45) is 0 Å². The molecule has 0 amide bonds. The lowest BCUT2D eigenvalue weighted by molar-refractivity contribution is 0.478. The molecule has 0 saturated carbocycles. The fourth-order valence-electron chi connectivity index (χ4n) is 2.28. The molecule has 3 heteroatoms. The van der Waals surface area contributed by atoms with Crippen LogP contribution >= 0.6 is 11.3 Å². The molecule has 2 aromatic carbocycles. The fraction of sp³-hybridized carbons (Fsp3) is 0. The number of aromatic hydroxyl groups is 1. The van der Waals surface area contributed by atoms with Gasteiger partial charge in [0.1, 0.15) is 10.8 Å². The van der Waals surface area contributed by atoms with E-state index in [1.54, 1.807) is 17.4 Å². The predicted molar refractivity (Wildman–Crippen MR) is 82.7 cm³/mol. The molecule has 2 nitrogen and oxygen atoms in total. The van der Waals surface area contributed by atoms with Crippen molar-refractivity contribution in [3.8, 4) is 16.3 Å². The van der Waals surface area contributed by atoms with Crippen molar-refractivity contribution >= 4 is 34.3 Å². The quantitative estimate of drug-likeness (QED) is 0.520. The lowest BCUT2D eigenvalue weighted by atomic mass is 10.1. The highest BCUT2D eigenvalue weighted by Gasteiger charge is 2.14. The van der Waals surface area contributed by atoms with Gasteiger partial charge in [-0.3, -0.25) is 0 Å². The highest BCUT2D eigenvalue weighted by Crippen LogP contribution is 2.37. The molecule has 3 aromatic rings. The van der Waals surface area contributed by atoms with E-state index in [-0.39, 0.29) is 5.75 Å². The Hall–Kier alpha value is -2.57. The summed E-state index contributed by atoms with van der Waals surface area (Å²) in [6.45, 7) is 0. The van der Waals surface area contributed by atoms with Gasteiger partial charge in [0.25, 0.3) is 0 Å². The fourth-order valence-corrected chi connectivity index (χ4v) is 3.24. The first-order valence-electron chi connectivity index (χ1n) is 6.22. The number of thiazole rings is 1. The first-order valence-corrected chi connectivity index (χ1v) is 7.03. The van der Waals surface area contributed by atoms with Crippen molar-refractivity contribution in [1.29, 1.82) is 0 Å². The molecular weight excluding hydrogens is 266 g/mol. The van der Waals surface area contributed by atoms with E-state index in [9.17, 15) is 5.11 Å². The van der Waals surface area contributed by atoms with E-state index >= 15 is 0 Å². The molecule has 1 heterocycles. The zero-order valence-electron chi connectivity index (χ0n) is 10.4. The predicted octanol–water partition coefficient (Wildman–Crippen LogP) is 4.46. The standard InChI is InChI=1S/C17H9NOS/c19-15-10-12-6-2-1-5-11(12)9-13(15)17-18-14-7-3-4-8-16(14)20-17/h1-2,5-10,19H. The molecule has 0 fully saturated rings. The maximum atomic E-state index is 10.2. The summed E-state index contributed by atoms with van der Waals surface area (Å²) >= 11 is 1.55. The zero-order chi connectivity index (χ0) is 13.5. The maximum absolute atomic E-state index is 10.2. The molecular formula is C17H9NOS. The monoisotopic (exact) mass is 275 g/mol. The smallest absolute Gasteiger partial charge is 0.128 e. The number of rotatable bonds is 1. The van der Waals surface area contributed by atoms with Crippen LogP contribution in [0.4, 0.5) is 0 Å². The molecule has 0 spiro atoms. The van der Waals surface area contributed by atoms with Gasteiger partial charge in [-0.05, 0) is 22.9 Å². The molecule has 0 aliphatic heterocycles. The summed E-state index contributed by atoms with van der Waals surface area (Å²) in [6, 6.07) is 11.7. The Morgan fingerprint density at radius 3 is 2.55 bits per heavy atom. The minimum Gasteiger partial charge on any atom is -0.507 e. The van der Waals surface area contributed by atoms with Crippen LogP contribution in [0, 0.1) is 0 Å². The van der Waals surface area contributed by atoms with Gasteiger partial charge in [0.15, 0.2) is 0 Å². The van der Waals surface area contributed by atoms with Gasteiger partial charge in [-0.1, -0.05) is 35.7 Å². The van der Waals surface area contributed by atoms with E-state index in [1.165, 1.54) is 0 Å². The summed E-state index contributed by atoms with van der Waals surface area (Å²) in [4.78, 5) is 5.61. The third-order valence-corrected chi connectivity index (χ3v) is 4.32. The number of phenols is 1. The summed E-state index contributed by atoms with van der Waals surface area (Å²) in [7, 11) is 0. The van der Waals surface area contributed by atoms with Crippen molar-refractivity contribution in [3.63, 3.8) is 0 Å². The largest absolute Gasteiger partial charge is 0.507 e. The van der Waals surface area contributed by atoms with Gasteiger partial charge in [0.05, 0.1) is 16.1 Å². The van der Waals surface area contributed by atoms with Crippen molar-refractivity contribution in [2.75, 3.05) is 0 Å². The number of hydrogen-bond acceptors (Lipinski definition) is 3. The van der Waals surface area contributed by atoms with Crippen LogP contribution in [0.3, 0.4) is 0 Å². The van der Waals surface area contributed by atoms with E-state index in [0.29, 0.717) is 0 Å². The zero-order valence-corrected chi connectivity index (χ0v) is 11.2. The molecule has 20 heavy (non-hydrogen) atoms. The van der Waals surface area contributed by atoms with Gasteiger partial charge in [0, 0.05) is 12.2 Å². The second-order valence-electron chi connectivity index (χ2n) is 4.56. The molecule has 0 radical (unpaired) electrons. The number of hydrogen-bond donors (Lipinski definition) is 1. The highest BCUT2D eigenvalue weighted by atomic mass is 32.1. The van der Waals surface area contributed by atoms with E-state index in [0.717, 1.165) is 31.9 Å². The normalized spacial score (nSPS) is 12.0. The van der Waals surface area contributed by atoms with Gasteiger partial charge in [-0.2, -0.15) is 0 Å². The van der Waals surface area contributed by atoms with Gasteiger partial charge < -0.3 is 5.11 Å². The third-order valence-electron chi connectivity index (χ3n) is 3.27. The molecule has 0 unspecified atom stereocenters. The van der Waals surface area contributed by atoms with E-state index in [4.69, 9.17) is 0 Å². The second-order valence-corrected chi connectivity index (χ2v) is 5.59. The summed E-state index contributed by atoms with van der Waals surface area (Å²) in [6.07, 6.45) is 3.68. The summed E-state index contributed by atoms with van der Waals surface area (Å²) in [5, 5.41) is 13.2. The Kier molecular flexibility index (Phi) is 2.38. The Morgan fingerprint density at radius 2 is 1.75 bits per heavy atom. The molecule has 1 aliphatic rings. The van der Waals surface area contributed by atoms with Crippen molar-refractivity contribution in [2.45, 2.75) is 0 Å². The van der Waals surface area contributed by atoms with Gasteiger partial charge >= 0.3 is 0 Å². The summed E-state index contributed by atoms with van der Waals surface area (Å²) in [5.74, 6) is 0.260. The lowest BCUT2D eigenvalue weighted by Crippen LogP contribution is -1.81. The number of nitrogens with zero attached hydrogens (tertiary/aromatic N) is 1. The average Bonchev–Trinajstić information content (AvgIpc) is 2.90. The maximum Gasteiger partial charge on any atom is 0.128 e. The second kappa shape index (κ2) is 4.22. The molecule has 0 bridgehead atoms. The Bertz CT molecular complexity index is 905. The number of aromatic nitrogens is 1. The summed E-state index contributed by atoms with van der Waals surface area (Å²) < 4.78 is 0. The first-order chi connectivity index (χ1) is 9.81. The van der Waals surface area contributed by atoms with E-state index < -0.39 is 0 Å². The highest BCUT2D eigenvalue weighted by molar-refractivity contribution is 7.16. The summed E-state index contributed by atoms with van der Waals surface area (Å²) in [5.41, 5.74) is 7.48. The Balaban J connectivity index is 1.94. The van der Waals surface area contributed by atoms with Crippen LogP contribution in [-0.2, 0) is 0 Å². The molecule has 1 aromatic heterocycles. The van der Waals surface area contributed by atoms with Crippen LogP contribution in [0.1, 0.15) is 10.6 Å². The minimum absolute atomic E-state index is 0.260. The van der Waals surface area contributed by atoms with Gasteiger partial charge in [-0.15, -0.1) is 11.3 Å². The van der Waals surface area contributed by atoms with Crippen LogP contribution in [0.25, 0.3) is 33.5 Å². The molecule has 94 valence electrons. The first kappa shape index (κ1) is 11.3. The number of benzene rings is 2. The van der Waals surface area contributed by atoms with Crippen LogP contribution in [0.5, 0.6) is 5.75 Å². The van der Waals surface area contributed by atoms with Crippen LogP contribution in [0.15, 0.2) is 47.9 Å². The van der Waals surface area contributed by atoms with E-state index in [1.807, 2.05) is 42.5 Å². The van der Waals surface area contributed by atoms with E-state index in [2.05, 4.69) is 16.4 Å². The number of fused-ring (bicyclic) bond motifs is 2. The van der Waals surface area contributed by atoms with Crippen molar-refractivity contribution in [3.05, 3.63) is 58.4 Å². The minimum atomic E-state index is 0.260. The van der Waals surface area contributed by atoms with Gasteiger partial charge in [0.2, 0.25) is 0 Å². The molecule has 1 aliphatic carbocycles. The topological polar surface area (TPSA) is 33.1 Å². The SMILES string of the molecule is Oc1cc2ccccc2cc1-c1nc2c(s1)C=C=C=C2. The molecule has 0 saturated heterocycles. The van der Waals surface area contributed by atoms with Crippen LogP contribution in [0.2, 0.25) is 0 Å².